The van der Waals surface area contributed by atoms with E-state index in [-0.39, 0.29) is 18.6 Å². The van der Waals surface area contributed by atoms with E-state index in [2.05, 4.69) is 0 Å². The number of aliphatic hydroxyl groups excluding tert-OH is 1. The van der Waals surface area contributed by atoms with Crippen LogP contribution in [-0.4, -0.2) is 37.0 Å². The Bertz CT molecular complexity index is 673. The van der Waals surface area contributed by atoms with E-state index in [0.717, 1.165) is 10.1 Å². The third-order valence-corrected chi connectivity index (χ3v) is 4.54. The predicted octanol–water partition coefficient (Wildman–Crippen LogP) is 4.01. The molecule has 5 nitrogen and oxygen atoms in total. The number of thiophene rings is 1. The van der Waals surface area contributed by atoms with Gasteiger partial charge in [-0.05, 0) is 38.3 Å². The zero-order valence-electron chi connectivity index (χ0n) is 14.7. The fourth-order valence-corrected chi connectivity index (χ4v) is 3.39. The summed E-state index contributed by atoms with van der Waals surface area (Å²) >= 11 is 1.41. The molecular weight excluding hydrogens is 328 g/mol. The Kier molecular flexibility index (Phi) is 5.85. The highest BCUT2D eigenvalue weighted by Crippen LogP contribution is 2.36. The van der Waals surface area contributed by atoms with Crippen molar-refractivity contribution < 1.29 is 24.1 Å². The number of ether oxygens (including phenoxy) is 3. The molecule has 0 amide bonds. The smallest absolute Gasteiger partial charge is 0.173 e. The normalized spacial score (nSPS) is 13.1. The number of aliphatic hydroxyl groups is 1. The lowest BCUT2D eigenvalue weighted by Crippen LogP contribution is -2.27. The zero-order chi connectivity index (χ0) is 17.9. The number of benzene rings is 1. The summed E-state index contributed by atoms with van der Waals surface area (Å²) in [6.07, 6.45) is -0.432. The average molecular weight is 352 g/mol. The van der Waals surface area contributed by atoms with E-state index in [1.807, 2.05) is 39.0 Å². The summed E-state index contributed by atoms with van der Waals surface area (Å²) in [6, 6.07) is 5.58. The van der Waals surface area contributed by atoms with Crippen LogP contribution in [-0.2, 0) is 4.74 Å². The van der Waals surface area contributed by atoms with Crippen LogP contribution in [0.2, 0.25) is 0 Å². The summed E-state index contributed by atoms with van der Waals surface area (Å²) in [5.41, 5.74) is -0.437. The lowest BCUT2D eigenvalue weighted by molar-refractivity contribution is -0.167. The first-order valence-corrected chi connectivity index (χ1v) is 8.60. The molecule has 1 N–H and O–H groups in total. The van der Waals surface area contributed by atoms with Gasteiger partial charge < -0.3 is 19.3 Å². The van der Waals surface area contributed by atoms with Gasteiger partial charge in [0.05, 0.1) is 24.7 Å². The fraction of sp³-hybridized carbons (Fsp3) is 0.500. The molecule has 0 bridgehead atoms. The zero-order valence-corrected chi connectivity index (χ0v) is 15.5. The van der Waals surface area contributed by atoms with Crippen molar-refractivity contribution in [3.8, 4) is 11.5 Å². The Morgan fingerprint density at radius 3 is 2.38 bits per heavy atom. The molecule has 1 aromatic carbocycles. The number of hydrogen-bond acceptors (Lipinski definition) is 6. The monoisotopic (exact) mass is 352 g/mol. The van der Waals surface area contributed by atoms with E-state index in [1.54, 1.807) is 14.2 Å². The van der Waals surface area contributed by atoms with Crippen molar-refractivity contribution in [3.05, 3.63) is 23.1 Å². The molecule has 0 aliphatic heterocycles. The van der Waals surface area contributed by atoms with Crippen LogP contribution in [0.4, 0.5) is 0 Å². The van der Waals surface area contributed by atoms with Crippen LogP contribution < -0.4 is 9.47 Å². The molecule has 1 atom stereocenters. The van der Waals surface area contributed by atoms with Gasteiger partial charge in [0, 0.05) is 23.6 Å². The molecule has 1 heterocycles. The Labute approximate surface area is 146 Å². The van der Waals surface area contributed by atoms with Crippen molar-refractivity contribution in [2.75, 3.05) is 14.2 Å². The quantitative estimate of drug-likeness (QED) is 0.602. The number of Topliss-reactive ketones (excluding diaryl/α,β-unsaturated/α-hetero) is 1. The molecule has 0 spiro atoms. The van der Waals surface area contributed by atoms with Gasteiger partial charge >= 0.3 is 0 Å². The second-order valence-electron chi connectivity index (χ2n) is 6.50. The molecule has 24 heavy (non-hydrogen) atoms. The van der Waals surface area contributed by atoms with Crippen molar-refractivity contribution in [1.82, 2.24) is 0 Å². The number of methoxy groups -OCH3 is 2. The number of rotatable bonds is 7. The molecule has 0 saturated heterocycles. The molecule has 1 unspecified atom stereocenters. The number of ketones is 1. The van der Waals surface area contributed by atoms with Crippen molar-refractivity contribution in [2.45, 2.75) is 45.5 Å². The second-order valence-corrected chi connectivity index (χ2v) is 7.59. The molecule has 2 rings (SSSR count). The third kappa shape index (κ3) is 4.69. The van der Waals surface area contributed by atoms with Gasteiger partial charge in [0.25, 0.3) is 0 Å². The molecule has 0 radical (unpaired) electrons. The van der Waals surface area contributed by atoms with Crippen molar-refractivity contribution in [2.24, 2.45) is 0 Å². The van der Waals surface area contributed by atoms with E-state index < -0.39 is 11.9 Å². The SMILES string of the molecule is COc1cc2cc(C(=O)CCC(O)OC(C)(C)C)sc2cc1OC. The Hall–Kier alpha value is -1.63. The van der Waals surface area contributed by atoms with E-state index in [1.165, 1.54) is 11.3 Å². The first-order valence-electron chi connectivity index (χ1n) is 7.78. The van der Waals surface area contributed by atoms with Gasteiger partial charge in [-0.15, -0.1) is 11.3 Å². The molecule has 1 aromatic heterocycles. The van der Waals surface area contributed by atoms with E-state index >= 15 is 0 Å². The van der Waals surface area contributed by atoms with Gasteiger partial charge in [-0.1, -0.05) is 0 Å². The molecule has 0 aliphatic carbocycles. The fourth-order valence-electron chi connectivity index (χ4n) is 2.35. The molecule has 0 aliphatic rings. The van der Waals surface area contributed by atoms with Crippen molar-refractivity contribution >= 4 is 27.2 Å². The van der Waals surface area contributed by atoms with Crippen LogP contribution in [0.3, 0.4) is 0 Å². The average Bonchev–Trinajstić information content (AvgIpc) is 2.92. The summed E-state index contributed by atoms with van der Waals surface area (Å²) in [6.45, 7) is 5.60. The molecule has 6 heteroatoms. The van der Waals surface area contributed by atoms with Gasteiger partial charge in [0.1, 0.15) is 0 Å². The van der Waals surface area contributed by atoms with E-state index in [9.17, 15) is 9.90 Å². The van der Waals surface area contributed by atoms with Crippen molar-refractivity contribution in [3.63, 3.8) is 0 Å². The molecule has 0 fully saturated rings. The molecule has 132 valence electrons. The minimum Gasteiger partial charge on any atom is -0.493 e. The minimum atomic E-state index is -0.941. The summed E-state index contributed by atoms with van der Waals surface area (Å²) in [5, 5.41) is 10.8. The minimum absolute atomic E-state index is 0.00862. The van der Waals surface area contributed by atoms with Gasteiger partial charge in [-0.3, -0.25) is 4.79 Å². The van der Waals surface area contributed by atoms with Crippen molar-refractivity contribution in [1.29, 1.82) is 0 Å². The highest BCUT2D eigenvalue weighted by Gasteiger charge is 2.19. The highest BCUT2D eigenvalue weighted by atomic mass is 32.1. The molecule has 0 saturated carbocycles. The van der Waals surface area contributed by atoms with Gasteiger partial charge in [-0.25, -0.2) is 0 Å². The largest absolute Gasteiger partial charge is 0.493 e. The lowest BCUT2D eigenvalue weighted by atomic mass is 10.1. The molecule has 2 aromatic rings. The number of carbonyl (C=O) groups is 1. The number of carbonyl (C=O) groups excluding carboxylic acids is 1. The second kappa shape index (κ2) is 7.51. The Balaban J connectivity index is 2.10. The lowest BCUT2D eigenvalue weighted by Gasteiger charge is -2.23. The van der Waals surface area contributed by atoms with Gasteiger partial charge in [0.2, 0.25) is 0 Å². The number of fused-ring (bicyclic) bond motifs is 1. The highest BCUT2D eigenvalue weighted by molar-refractivity contribution is 7.20. The maximum Gasteiger partial charge on any atom is 0.173 e. The van der Waals surface area contributed by atoms with Crippen LogP contribution in [0.5, 0.6) is 11.5 Å². The maximum absolute atomic E-state index is 12.4. The summed E-state index contributed by atoms with van der Waals surface area (Å²) in [7, 11) is 3.17. The van der Waals surface area contributed by atoms with Crippen LogP contribution in [0, 0.1) is 0 Å². The summed E-state index contributed by atoms with van der Waals surface area (Å²) in [5.74, 6) is 1.27. The predicted molar refractivity (Wildman–Crippen MR) is 95.3 cm³/mol. The van der Waals surface area contributed by atoms with E-state index in [4.69, 9.17) is 14.2 Å². The maximum atomic E-state index is 12.4. The Morgan fingerprint density at radius 2 is 1.79 bits per heavy atom. The van der Waals surface area contributed by atoms with Gasteiger partial charge in [0.15, 0.2) is 23.6 Å². The van der Waals surface area contributed by atoms with Crippen LogP contribution in [0.15, 0.2) is 18.2 Å². The van der Waals surface area contributed by atoms with Crippen LogP contribution >= 0.6 is 11.3 Å². The summed E-state index contributed by atoms with van der Waals surface area (Å²) < 4.78 is 16.9. The Morgan fingerprint density at radius 1 is 1.17 bits per heavy atom. The first-order chi connectivity index (χ1) is 11.2. The van der Waals surface area contributed by atoms with E-state index in [0.29, 0.717) is 16.4 Å². The standard InChI is InChI=1S/C18H24O5S/c1-18(2,3)23-17(20)7-6-12(19)16-9-11-8-13(21-4)14(22-5)10-15(11)24-16/h8-10,17,20H,6-7H2,1-5H3. The first kappa shape index (κ1) is 18.7. The number of hydrogen-bond donors (Lipinski definition) is 1. The van der Waals surface area contributed by atoms with Crippen LogP contribution in [0.25, 0.3) is 10.1 Å². The van der Waals surface area contributed by atoms with Crippen LogP contribution in [0.1, 0.15) is 43.3 Å². The summed E-state index contributed by atoms with van der Waals surface area (Å²) in [4.78, 5) is 13.0. The topological polar surface area (TPSA) is 65.0 Å². The third-order valence-electron chi connectivity index (χ3n) is 3.41. The molecular formula is C18H24O5S. The van der Waals surface area contributed by atoms with Gasteiger partial charge in [-0.2, -0.15) is 0 Å².